The predicted molar refractivity (Wildman–Crippen MR) is 66.6 cm³/mol. The number of benzene rings is 1. The van der Waals surface area contributed by atoms with Crippen LogP contribution in [0.4, 0.5) is 13.2 Å². The number of aliphatic hydroxyl groups is 1. The van der Waals surface area contributed by atoms with E-state index in [0.717, 1.165) is 19.3 Å². The lowest BCUT2D eigenvalue weighted by atomic mass is 9.86. The summed E-state index contributed by atoms with van der Waals surface area (Å²) in [5, 5.41) is 12.3. The summed E-state index contributed by atoms with van der Waals surface area (Å²) in [6, 6.07) is 1.32. The van der Waals surface area contributed by atoms with E-state index >= 15 is 0 Å². The van der Waals surface area contributed by atoms with Crippen molar-refractivity contribution >= 4 is 5.91 Å². The maximum atomic E-state index is 13.0. The summed E-state index contributed by atoms with van der Waals surface area (Å²) in [7, 11) is 0. The lowest BCUT2D eigenvalue weighted by Gasteiger charge is -2.27. The molecule has 2 rings (SSSR count). The molecular weight excluding hydrogens is 271 g/mol. The van der Waals surface area contributed by atoms with Crippen LogP contribution in [-0.4, -0.2) is 23.7 Å². The first kappa shape index (κ1) is 14.8. The first-order valence-electron chi connectivity index (χ1n) is 6.60. The Morgan fingerprint density at radius 1 is 1.20 bits per heavy atom. The molecule has 3 nitrogen and oxygen atoms in total. The van der Waals surface area contributed by atoms with Gasteiger partial charge in [-0.2, -0.15) is 0 Å². The maximum absolute atomic E-state index is 13.0. The van der Waals surface area contributed by atoms with Gasteiger partial charge in [0.15, 0.2) is 17.5 Å². The van der Waals surface area contributed by atoms with Crippen molar-refractivity contribution in [2.75, 3.05) is 6.54 Å². The number of amides is 1. The van der Waals surface area contributed by atoms with Gasteiger partial charge in [-0.15, -0.1) is 0 Å². The zero-order valence-corrected chi connectivity index (χ0v) is 10.8. The van der Waals surface area contributed by atoms with Gasteiger partial charge >= 0.3 is 0 Å². The van der Waals surface area contributed by atoms with Crippen LogP contribution in [-0.2, 0) is 0 Å². The average Bonchev–Trinajstić information content (AvgIpc) is 2.43. The number of carbonyl (C=O) groups is 1. The Bertz CT molecular complexity index is 484. The van der Waals surface area contributed by atoms with Crippen molar-refractivity contribution in [1.29, 1.82) is 0 Å². The second-order valence-electron chi connectivity index (χ2n) is 5.08. The van der Waals surface area contributed by atoms with Crippen molar-refractivity contribution < 1.29 is 23.1 Å². The van der Waals surface area contributed by atoms with Crippen molar-refractivity contribution in [2.45, 2.75) is 31.8 Å². The Morgan fingerprint density at radius 3 is 2.40 bits per heavy atom. The van der Waals surface area contributed by atoms with Gasteiger partial charge < -0.3 is 10.4 Å². The van der Waals surface area contributed by atoms with Crippen LogP contribution in [0, 0.1) is 23.4 Å². The van der Waals surface area contributed by atoms with E-state index in [9.17, 15) is 23.1 Å². The Morgan fingerprint density at radius 2 is 1.80 bits per heavy atom. The van der Waals surface area contributed by atoms with Gasteiger partial charge in [-0.1, -0.05) is 12.8 Å². The summed E-state index contributed by atoms with van der Waals surface area (Å²) in [4.78, 5) is 11.8. The van der Waals surface area contributed by atoms with Crippen LogP contribution in [0.2, 0.25) is 0 Å². The van der Waals surface area contributed by atoms with Crippen molar-refractivity contribution in [3.05, 3.63) is 35.1 Å². The third-order valence-corrected chi connectivity index (χ3v) is 3.64. The van der Waals surface area contributed by atoms with Crippen LogP contribution < -0.4 is 5.32 Å². The van der Waals surface area contributed by atoms with Gasteiger partial charge in [-0.25, -0.2) is 13.2 Å². The Balaban J connectivity index is 1.98. The SMILES string of the molecule is O=C(NCC1CCCCC1O)c1cc(F)c(F)c(F)c1. The lowest BCUT2D eigenvalue weighted by molar-refractivity contribution is 0.0662. The molecule has 0 aliphatic heterocycles. The molecule has 0 bridgehead atoms. The Kier molecular flexibility index (Phi) is 4.65. The summed E-state index contributed by atoms with van der Waals surface area (Å²) in [6.45, 7) is 0.237. The second kappa shape index (κ2) is 6.26. The van der Waals surface area contributed by atoms with E-state index < -0.39 is 29.5 Å². The van der Waals surface area contributed by atoms with Gasteiger partial charge in [0.05, 0.1) is 6.10 Å². The van der Waals surface area contributed by atoms with Crippen LogP contribution in [0.5, 0.6) is 0 Å². The van der Waals surface area contributed by atoms with Gasteiger partial charge in [0.25, 0.3) is 5.91 Å². The number of halogens is 3. The molecule has 0 radical (unpaired) electrons. The van der Waals surface area contributed by atoms with Crippen LogP contribution in [0.15, 0.2) is 12.1 Å². The fraction of sp³-hybridized carbons (Fsp3) is 0.500. The molecule has 0 aromatic heterocycles. The molecule has 1 aromatic carbocycles. The number of hydrogen-bond acceptors (Lipinski definition) is 2. The molecule has 0 spiro atoms. The quantitative estimate of drug-likeness (QED) is 0.839. The molecule has 0 heterocycles. The largest absolute Gasteiger partial charge is 0.393 e. The molecule has 1 amide bonds. The molecule has 1 aliphatic rings. The zero-order chi connectivity index (χ0) is 14.7. The third kappa shape index (κ3) is 3.30. The predicted octanol–water partition coefficient (Wildman–Crippen LogP) is 2.38. The zero-order valence-electron chi connectivity index (χ0n) is 10.8. The number of nitrogens with one attached hydrogen (secondary N) is 1. The molecule has 1 aliphatic carbocycles. The van der Waals surface area contributed by atoms with Gasteiger partial charge in [0.1, 0.15) is 0 Å². The van der Waals surface area contributed by atoms with E-state index in [1.165, 1.54) is 0 Å². The highest BCUT2D eigenvalue weighted by Crippen LogP contribution is 2.23. The average molecular weight is 287 g/mol. The standard InChI is InChI=1S/C14H16F3NO2/c15-10-5-9(6-11(16)13(10)17)14(20)18-7-8-3-1-2-4-12(8)19/h5-6,8,12,19H,1-4,7H2,(H,18,20). The van der Waals surface area contributed by atoms with E-state index in [-0.39, 0.29) is 18.0 Å². The third-order valence-electron chi connectivity index (χ3n) is 3.64. The molecule has 1 saturated carbocycles. The number of hydrogen-bond donors (Lipinski definition) is 2. The van der Waals surface area contributed by atoms with Gasteiger partial charge in [0.2, 0.25) is 0 Å². The fourth-order valence-electron chi connectivity index (χ4n) is 2.44. The van der Waals surface area contributed by atoms with Crippen LogP contribution in [0.1, 0.15) is 36.0 Å². The van der Waals surface area contributed by atoms with Crippen molar-refractivity contribution in [2.24, 2.45) is 5.92 Å². The first-order chi connectivity index (χ1) is 9.49. The molecule has 0 saturated heterocycles. The fourth-order valence-corrected chi connectivity index (χ4v) is 2.44. The Hall–Kier alpha value is -1.56. The monoisotopic (exact) mass is 287 g/mol. The Labute approximate surface area is 114 Å². The second-order valence-corrected chi connectivity index (χ2v) is 5.08. The summed E-state index contributed by atoms with van der Waals surface area (Å²) < 4.78 is 38.8. The molecule has 6 heteroatoms. The number of aliphatic hydroxyl groups excluding tert-OH is 1. The van der Waals surface area contributed by atoms with Crippen LogP contribution in [0.3, 0.4) is 0 Å². The van der Waals surface area contributed by atoms with Gasteiger partial charge in [0, 0.05) is 18.0 Å². The molecule has 2 unspecified atom stereocenters. The molecule has 110 valence electrons. The number of rotatable bonds is 3. The summed E-state index contributed by atoms with van der Waals surface area (Å²) >= 11 is 0. The van der Waals surface area contributed by atoms with Crippen molar-refractivity contribution in [3.8, 4) is 0 Å². The smallest absolute Gasteiger partial charge is 0.251 e. The highest BCUT2D eigenvalue weighted by Gasteiger charge is 2.24. The highest BCUT2D eigenvalue weighted by molar-refractivity contribution is 5.94. The van der Waals surface area contributed by atoms with Crippen molar-refractivity contribution in [1.82, 2.24) is 5.32 Å². The lowest BCUT2D eigenvalue weighted by Crippen LogP contribution is -2.36. The highest BCUT2D eigenvalue weighted by atomic mass is 19.2. The minimum absolute atomic E-state index is 0.0529. The molecule has 2 atom stereocenters. The minimum Gasteiger partial charge on any atom is -0.393 e. The molecule has 20 heavy (non-hydrogen) atoms. The van der Waals surface area contributed by atoms with Gasteiger partial charge in [-0.05, 0) is 25.0 Å². The first-order valence-corrected chi connectivity index (χ1v) is 6.60. The van der Waals surface area contributed by atoms with Crippen molar-refractivity contribution in [3.63, 3.8) is 0 Å². The normalized spacial score (nSPS) is 22.6. The topological polar surface area (TPSA) is 49.3 Å². The van der Waals surface area contributed by atoms with E-state index in [4.69, 9.17) is 0 Å². The molecular formula is C14H16F3NO2. The van der Waals surface area contributed by atoms with E-state index in [0.29, 0.717) is 18.6 Å². The summed E-state index contributed by atoms with van der Waals surface area (Å²) in [6.07, 6.45) is 2.97. The molecule has 1 aromatic rings. The minimum atomic E-state index is -1.59. The van der Waals surface area contributed by atoms with Crippen LogP contribution >= 0.6 is 0 Å². The summed E-state index contributed by atoms with van der Waals surface area (Å²) in [5.74, 6) is -5.12. The van der Waals surface area contributed by atoms with Crippen LogP contribution in [0.25, 0.3) is 0 Å². The maximum Gasteiger partial charge on any atom is 0.251 e. The van der Waals surface area contributed by atoms with E-state index in [1.807, 2.05) is 0 Å². The molecule has 1 fully saturated rings. The molecule has 2 N–H and O–H groups in total. The van der Waals surface area contributed by atoms with E-state index in [2.05, 4.69) is 5.32 Å². The van der Waals surface area contributed by atoms with E-state index in [1.54, 1.807) is 0 Å². The summed E-state index contributed by atoms with van der Waals surface area (Å²) in [5.41, 5.74) is -0.272. The van der Waals surface area contributed by atoms with Gasteiger partial charge in [-0.3, -0.25) is 4.79 Å². The number of carbonyl (C=O) groups excluding carboxylic acids is 1.